The second-order valence-electron chi connectivity index (χ2n) is 7.02. The van der Waals surface area contributed by atoms with Crippen LogP contribution in [0.1, 0.15) is 63.1 Å². The van der Waals surface area contributed by atoms with Gasteiger partial charge in [-0.2, -0.15) is 5.26 Å². The van der Waals surface area contributed by atoms with Gasteiger partial charge in [0.2, 0.25) is 0 Å². The van der Waals surface area contributed by atoms with Crippen LogP contribution in [0.5, 0.6) is 0 Å². The first-order valence-corrected chi connectivity index (χ1v) is 9.18. The van der Waals surface area contributed by atoms with Crippen molar-refractivity contribution >= 4 is 17.4 Å². The monoisotopic (exact) mass is 344 g/mol. The number of anilines is 1. The van der Waals surface area contributed by atoms with Gasteiger partial charge in [0.05, 0.1) is 11.6 Å². The lowest BCUT2D eigenvalue weighted by Gasteiger charge is -2.30. The quantitative estimate of drug-likeness (QED) is 0.733. The van der Waals surface area contributed by atoms with E-state index in [0.717, 1.165) is 54.5 Å². The number of fused-ring (bicyclic) bond motifs is 2. The van der Waals surface area contributed by atoms with Gasteiger partial charge in [-0.25, -0.2) is 0 Å². The number of amides is 1. The molecule has 1 aliphatic heterocycles. The molecule has 0 radical (unpaired) electrons. The van der Waals surface area contributed by atoms with Crippen LogP contribution >= 0.6 is 0 Å². The molecule has 0 spiro atoms. The Morgan fingerprint density at radius 1 is 0.962 bits per heavy atom. The van der Waals surface area contributed by atoms with E-state index in [-0.39, 0.29) is 11.7 Å². The van der Waals surface area contributed by atoms with Gasteiger partial charge in [-0.05, 0) is 73.6 Å². The number of Topliss-reactive ketones (excluding diaryl/α,β-unsaturated/α-hetero) is 1. The highest BCUT2D eigenvalue weighted by atomic mass is 16.2. The van der Waals surface area contributed by atoms with Crippen molar-refractivity contribution in [3.05, 3.63) is 64.2 Å². The van der Waals surface area contributed by atoms with Crippen LogP contribution in [0, 0.1) is 11.3 Å². The van der Waals surface area contributed by atoms with Crippen LogP contribution in [0.4, 0.5) is 5.69 Å². The first-order chi connectivity index (χ1) is 12.7. The maximum atomic E-state index is 13.1. The molecule has 4 heteroatoms. The highest BCUT2D eigenvalue weighted by Crippen LogP contribution is 2.30. The molecular weight excluding hydrogens is 324 g/mol. The highest BCUT2D eigenvalue weighted by Gasteiger charge is 2.25. The second-order valence-corrected chi connectivity index (χ2v) is 7.02. The summed E-state index contributed by atoms with van der Waals surface area (Å²) in [4.78, 5) is 27.1. The van der Waals surface area contributed by atoms with Crippen molar-refractivity contribution in [2.75, 3.05) is 11.4 Å². The molecule has 0 atom stereocenters. The van der Waals surface area contributed by atoms with Gasteiger partial charge in [0, 0.05) is 29.8 Å². The summed E-state index contributed by atoms with van der Waals surface area (Å²) in [5, 5.41) is 9.09. The maximum Gasteiger partial charge on any atom is 0.258 e. The van der Waals surface area contributed by atoms with Crippen LogP contribution in [0.15, 0.2) is 36.4 Å². The van der Waals surface area contributed by atoms with E-state index < -0.39 is 0 Å². The summed E-state index contributed by atoms with van der Waals surface area (Å²) in [7, 11) is 0. The topological polar surface area (TPSA) is 61.2 Å². The van der Waals surface area contributed by atoms with Crippen LogP contribution in [-0.2, 0) is 12.8 Å². The molecule has 0 aromatic heterocycles. The predicted molar refractivity (Wildman–Crippen MR) is 99.5 cm³/mol. The van der Waals surface area contributed by atoms with Crippen LogP contribution in [-0.4, -0.2) is 18.2 Å². The van der Waals surface area contributed by atoms with E-state index >= 15 is 0 Å². The van der Waals surface area contributed by atoms with Gasteiger partial charge in [0.15, 0.2) is 5.78 Å². The van der Waals surface area contributed by atoms with Crippen molar-refractivity contribution in [1.29, 1.82) is 5.26 Å². The van der Waals surface area contributed by atoms with E-state index in [4.69, 9.17) is 5.26 Å². The summed E-state index contributed by atoms with van der Waals surface area (Å²) in [6, 6.07) is 13.2. The number of hydrogen-bond donors (Lipinski definition) is 0. The van der Waals surface area contributed by atoms with Crippen molar-refractivity contribution in [3.8, 4) is 6.07 Å². The molecule has 2 aliphatic rings. The lowest BCUT2D eigenvalue weighted by Crippen LogP contribution is -2.35. The second kappa shape index (κ2) is 6.76. The fourth-order valence-corrected chi connectivity index (χ4v) is 3.97. The largest absolute Gasteiger partial charge is 0.308 e. The van der Waals surface area contributed by atoms with Gasteiger partial charge in [0.1, 0.15) is 0 Å². The van der Waals surface area contributed by atoms with E-state index in [9.17, 15) is 9.59 Å². The SMILES string of the molecule is N#Cc1ccc2c(c1)CCCN2C(=O)c1ccc2c(c1)CCCCC2=O. The molecule has 4 nitrogen and oxygen atoms in total. The number of nitrogens with zero attached hydrogens (tertiary/aromatic N) is 2. The summed E-state index contributed by atoms with van der Waals surface area (Å²) in [5.74, 6) is 0.152. The molecule has 2 aromatic rings. The normalized spacial score (nSPS) is 16.3. The molecule has 1 heterocycles. The third kappa shape index (κ3) is 2.90. The highest BCUT2D eigenvalue weighted by molar-refractivity contribution is 6.08. The third-order valence-corrected chi connectivity index (χ3v) is 5.32. The lowest BCUT2D eigenvalue weighted by molar-refractivity contribution is 0.0972. The Morgan fingerprint density at radius 2 is 1.77 bits per heavy atom. The molecule has 0 bridgehead atoms. The Hall–Kier alpha value is -2.93. The zero-order chi connectivity index (χ0) is 18.1. The number of carbonyl (C=O) groups excluding carboxylic acids is 2. The van der Waals surface area contributed by atoms with Gasteiger partial charge in [-0.15, -0.1) is 0 Å². The summed E-state index contributed by atoms with van der Waals surface area (Å²) < 4.78 is 0. The van der Waals surface area contributed by atoms with Crippen LogP contribution in [0.3, 0.4) is 0 Å². The number of nitriles is 1. The van der Waals surface area contributed by atoms with Crippen molar-refractivity contribution in [1.82, 2.24) is 0 Å². The van der Waals surface area contributed by atoms with E-state index in [2.05, 4.69) is 6.07 Å². The average molecular weight is 344 g/mol. The van der Waals surface area contributed by atoms with Gasteiger partial charge >= 0.3 is 0 Å². The lowest BCUT2D eigenvalue weighted by atomic mass is 9.96. The third-order valence-electron chi connectivity index (χ3n) is 5.32. The standard InChI is InChI=1S/C22H20N2O2/c23-14-15-7-10-20-17(12-15)5-3-11-24(20)22(26)18-8-9-19-16(13-18)4-1-2-6-21(19)25/h7-10,12-13H,1-6,11H2. The molecule has 0 N–H and O–H groups in total. The Balaban J connectivity index is 1.68. The molecule has 1 amide bonds. The van der Waals surface area contributed by atoms with Gasteiger partial charge in [0.25, 0.3) is 5.91 Å². The van der Waals surface area contributed by atoms with E-state index in [0.29, 0.717) is 24.1 Å². The Bertz CT molecular complexity index is 940. The smallest absolute Gasteiger partial charge is 0.258 e. The van der Waals surface area contributed by atoms with Crippen molar-refractivity contribution in [2.45, 2.75) is 38.5 Å². The zero-order valence-electron chi connectivity index (χ0n) is 14.6. The Labute approximate surface area is 153 Å². The molecular formula is C22H20N2O2. The molecule has 0 saturated heterocycles. The molecule has 26 heavy (non-hydrogen) atoms. The van der Waals surface area contributed by atoms with Gasteiger partial charge in [-0.3, -0.25) is 9.59 Å². The van der Waals surface area contributed by atoms with Gasteiger partial charge < -0.3 is 4.90 Å². The number of hydrogen-bond acceptors (Lipinski definition) is 3. The molecule has 2 aromatic carbocycles. The number of rotatable bonds is 1. The van der Waals surface area contributed by atoms with Crippen LogP contribution in [0.2, 0.25) is 0 Å². The van der Waals surface area contributed by atoms with E-state index in [1.54, 1.807) is 17.0 Å². The predicted octanol–water partition coefficient (Wildman–Crippen LogP) is 4.06. The number of benzene rings is 2. The van der Waals surface area contributed by atoms with E-state index in [1.807, 2.05) is 24.3 Å². The molecule has 4 rings (SSSR count). The van der Waals surface area contributed by atoms with Crippen molar-refractivity contribution < 1.29 is 9.59 Å². The van der Waals surface area contributed by atoms with Crippen LogP contribution < -0.4 is 4.90 Å². The first kappa shape index (κ1) is 16.5. The minimum atomic E-state index is -0.0323. The minimum Gasteiger partial charge on any atom is -0.308 e. The van der Waals surface area contributed by atoms with Crippen LogP contribution in [0.25, 0.3) is 0 Å². The summed E-state index contributed by atoms with van der Waals surface area (Å²) in [5.41, 5.74) is 4.98. The van der Waals surface area contributed by atoms with Gasteiger partial charge in [-0.1, -0.05) is 6.07 Å². The zero-order valence-corrected chi connectivity index (χ0v) is 14.6. The number of aryl methyl sites for hydroxylation is 2. The Morgan fingerprint density at radius 3 is 2.62 bits per heavy atom. The average Bonchev–Trinajstić information content (AvgIpc) is 2.87. The summed E-state index contributed by atoms with van der Waals surface area (Å²) in [6.45, 7) is 0.674. The fraction of sp³-hybridized carbons (Fsp3) is 0.318. The molecule has 0 fully saturated rings. The first-order valence-electron chi connectivity index (χ1n) is 9.18. The minimum absolute atomic E-state index is 0.0323. The Kier molecular flexibility index (Phi) is 4.30. The summed E-state index contributed by atoms with van der Waals surface area (Å²) >= 11 is 0. The number of carbonyl (C=O) groups is 2. The molecule has 1 aliphatic carbocycles. The number of ketones is 1. The molecule has 0 saturated carbocycles. The van der Waals surface area contributed by atoms with Crippen molar-refractivity contribution in [2.24, 2.45) is 0 Å². The fourth-order valence-electron chi connectivity index (χ4n) is 3.97. The maximum absolute atomic E-state index is 13.1. The van der Waals surface area contributed by atoms with Crippen molar-refractivity contribution in [3.63, 3.8) is 0 Å². The van der Waals surface area contributed by atoms with E-state index in [1.165, 1.54) is 0 Å². The molecule has 0 unspecified atom stereocenters. The molecule has 130 valence electrons. The summed E-state index contributed by atoms with van der Waals surface area (Å²) in [6.07, 6.45) is 5.12.